The van der Waals surface area contributed by atoms with E-state index in [0.29, 0.717) is 12.2 Å². The van der Waals surface area contributed by atoms with Crippen molar-refractivity contribution in [2.45, 2.75) is 31.1 Å². The fourth-order valence-corrected chi connectivity index (χ4v) is 4.20. The monoisotopic (exact) mass is 350 g/mol. The van der Waals surface area contributed by atoms with Crippen molar-refractivity contribution in [3.8, 4) is 5.75 Å². The molecule has 2 atom stereocenters. The number of ether oxygens (including phenoxy) is 1. The molecule has 1 aliphatic carbocycles. The summed E-state index contributed by atoms with van der Waals surface area (Å²) in [7, 11) is -2.41. The number of sulfonamides is 1. The van der Waals surface area contributed by atoms with E-state index in [1.54, 1.807) is 7.11 Å². The van der Waals surface area contributed by atoms with E-state index in [9.17, 15) is 13.2 Å². The summed E-state index contributed by atoms with van der Waals surface area (Å²) in [6, 6.07) is 7.44. The molecule has 2 aromatic rings. The number of aromatic nitrogens is 1. The fraction of sp³-hybridized carbons (Fsp3) is 0.375. The molecule has 1 heterocycles. The second-order valence-electron chi connectivity index (χ2n) is 5.85. The van der Waals surface area contributed by atoms with Crippen molar-refractivity contribution >= 4 is 15.9 Å². The highest BCUT2D eigenvalue weighted by Gasteiger charge is 2.45. The van der Waals surface area contributed by atoms with E-state index >= 15 is 0 Å². The standard InChI is InChI=1S/C16H18N2O5S/c1-9-15(10(2)23-17-9)24(20,21)18-16(19)14-8-13(14)11-5-4-6-12(7-11)22-3/h4-7,13-14H,8H2,1-3H3,(H,18,19)/t13-,14-/m1/s1. The second kappa shape index (κ2) is 5.94. The van der Waals surface area contributed by atoms with E-state index in [0.717, 1.165) is 5.56 Å². The summed E-state index contributed by atoms with van der Waals surface area (Å²) in [6.45, 7) is 3.01. The lowest BCUT2D eigenvalue weighted by molar-refractivity contribution is -0.120. The molecule has 1 aromatic heterocycles. The van der Waals surface area contributed by atoms with Crippen LogP contribution < -0.4 is 9.46 Å². The zero-order valence-corrected chi connectivity index (χ0v) is 14.4. The molecule has 24 heavy (non-hydrogen) atoms. The molecule has 1 fully saturated rings. The highest BCUT2D eigenvalue weighted by Crippen LogP contribution is 2.48. The van der Waals surface area contributed by atoms with Crippen molar-refractivity contribution in [2.24, 2.45) is 5.92 Å². The number of hydrogen-bond donors (Lipinski definition) is 1. The molecule has 8 heteroatoms. The van der Waals surface area contributed by atoms with Crippen LogP contribution >= 0.6 is 0 Å². The summed E-state index contributed by atoms with van der Waals surface area (Å²) in [5.41, 5.74) is 1.19. The molecule has 3 rings (SSSR count). The van der Waals surface area contributed by atoms with Crippen LogP contribution in [0.3, 0.4) is 0 Å². The number of amides is 1. The first-order valence-corrected chi connectivity index (χ1v) is 8.95. The van der Waals surface area contributed by atoms with Crippen molar-refractivity contribution in [3.63, 3.8) is 0 Å². The van der Waals surface area contributed by atoms with Gasteiger partial charge in [-0.3, -0.25) is 4.79 Å². The van der Waals surface area contributed by atoms with Gasteiger partial charge in [-0.05, 0) is 43.9 Å². The molecular weight excluding hydrogens is 332 g/mol. The Morgan fingerprint density at radius 1 is 1.38 bits per heavy atom. The minimum absolute atomic E-state index is 0.0000291. The topological polar surface area (TPSA) is 98.5 Å². The lowest BCUT2D eigenvalue weighted by Crippen LogP contribution is -2.32. The van der Waals surface area contributed by atoms with Crippen molar-refractivity contribution < 1.29 is 22.5 Å². The highest BCUT2D eigenvalue weighted by atomic mass is 32.2. The molecule has 1 aliphatic rings. The average Bonchev–Trinajstić information content (AvgIpc) is 3.26. The predicted octanol–water partition coefficient (Wildman–Crippen LogP) is 1.91. The van der Waals surface area contributed by atoms with Gasteiger partial charge in [-0.1, -0.05) is 17.3 Å². The maximum atomic E-state index is 12.4. The van der Waals surface area contributed by atoms with Crippen molar-refractivity contribution in [1.82, 2.24) is 9.88 Å². The van der Waals surface area contributed by atoms with Crippen LogP contribution in [0.1, 0.15) is 29.4 Å². The summed E-state index contributed by atoms with van der Waals surface area (Å²) < 4.78 is 36.9. The molecule has 0 saturated heterocycles. The molecule has 0 unspecified atom stereocenters. The molecule has 0 spiro atoms. The summed E-state index contributed by atoms with van der Waals surface area (Å²) in [4.78, 5) is 12.2. The van der Waals surface area contributed by atoms with Gasteiger partial charge >= 0.3 is 0 Å². The van der Waals surface area contributed by atoms with Crippen LogP contribution in [0, 0.1) is 19.8 Å². The van der Waals surface area contributed by atoms with E-state index in [-0.39, 0.29) is 28.2 Å². The molecule has 0 radical (unpaired) electrons. The van der Waals surface area contributed by atoms with Crippen molar-refractivity contribution in [1.29, 1.82) is 0 Å². The van der Waals surface area contributed by atoms with E-state index in [1.165, 1.54) is 13.8 Å². The summed E-state index contributed by atoms with van der Waals surface area (Å²) in [5.74, 6) is -0.00927. The third-order valence-electron chi connectivity index (χ3n) is 4.12. The summed E-state index contributed by atoms with van der Waals surface area (Å²) in [6.07, 6.45) is 0.607. The molecule has 1 amide bonds. The Kier molecular flexibility index (Phi) is 4.08. The van der Waals surface area contributed by atoms with Gasteiger partial charge < -0.3 is 9.26 Å². The minimum Gasteiger partial charge on any atom is -0.497 e. The Morgan fingerprint density at radius 2 is 2.12 bits per heavy atom. The maximum Gasteiger partial charge on any atom is 0.269 e. The van der Waals surface area contributed by atoms with Crippen LogP contribution in [-0.2, 0) is 14.8 Å². The Labute approximate surface area is 140 Å². The van der Waals surface area contributed by atoms with Crippen LogP contribution in [0.5, 0.6) is 5.75 Å². The first-order valence-electron chi connectivity index (χ1n) is 7.47. The lowest BCUT2D eigenvalue weighted by atomic mass is 10.1. The minimum atomic E-state index is -3.98. The van der Waals surface area contributed by atoms with Crippen molar-refractivity contribution in [3.05, 3.63) is 41.3 Å². The number of carbonyl (C=O) groups excluding carboxylic acids is 1. The Morgan fingerprint density at radius 3 is 2.75 bits per heavy atom. The first-order chi connectivity index (χ1) is 11.3. The Hall–Kier alpha value is -2.35. The zero-order chi connectivity index (χ0) is 17.5. The molecule has 128 valence electrons. The van der Waals surface area contributed by atoms with Crippen molar-refractivity contribution in [2.75, 3.05) is 7.11 Å². The van der Waals surface area contributed by atoms with Crippen LogP contribution in [0.25, 0.3) is 0 Å². The van der Waals surface area contributed by atoms with E-state index in [4.69, 9.17) is 9.26 Å². The first kappa shape index (κ1) is 16.5. The van der Waals surface area contributed by atoms with E-state index in [1.807, 2.05) is 24.3 Å². The number of benzene rings is 1. The second-order valence-corrected chi connectivity index (χ2v) is 7.47. The van der Waals surface area contributed by atoms with Gasteiger partial charge in [0.05, 0.1) is 7.11 Å². The van der Waals surface area contributed by atoms with E-state index < -0.39 is 15.9 Å². The van der Waals surface area contributed by atoms with Crippen LogP contribution in [0.4, 0.5) is 0 Å². The van der Waals surface area contributed by atoms with Gasteiger partial charge in [0.25, 0.3) is 10.0 Å². The Bertz CT molecular complexity index is 868. The largest absolute Gasteiger partial charge is 0.497 e. The van der Waals surface area contributed by atoms with Crippen LogP contribution in [-0.4, -0.2) is 26.6 Å². The molecule has 1 aromatic carbocycles. The number of nitrogens with one attached hydrogen (secondary N) is 1. The molecule has 1 saturated carbocycles. The number of nitrogens with zero attached hydrogens (tertiary/aromatic N) is 1. The number of hydrogen-bond acceptors (Lipinski definition) is 6. The third-order valence-corrected chi connectivity index (χ3v) is 5.71. The van der Waals surface area contributed by atoms with Gasteiger partial charge in [-0.25, -0.2) is 13.1 Å². The zero-order valence-electron chi connectivity index (χ0n) is 13.6. The molecular formula is C16H18N2O5S. The molecule has 0 bridgehead atoms. The SMILES string of the molecule is COc1cccc([C@H]2C[C@H]2C(=O)NS(=O)(=O)c2c(C)noc2C)c1. The van der Waals surface area contributed by atoms with Gasteiger partial charge in [0.15, 0.2) is 10.7 Å². The van der Waals surface area contributed by atoms with Crippen LogP contribution in [0.15, 0.2) is 33.7 Å². The number of carbonyl (C=O) groups is 1. The van der Waals surface area contributed by atoms with Gasteiger partial charge in [0.1, 0.15) is 11.4 Å². The molecule has 1 N–H and O–H groups in total. The van der Waals surface area contributed by atoms with Gasteiger partial charge in [-0.2, -0.15) is 0 Å². The number of aryl methyl sites for hydroxylation is 2. The number of methoxy groups -OCH3 is 1. The van der Waals surface area contributed by atoms with Gasteiger partial charge in [0, 0.05) is 5.92 Å². The number of rotatable bonds is 5. The van der Waals surface area contributed by atoms with Crippen LogP contribution in [0.2, 0.25) is 0 Å². The van der Waals surface area contributed by atoms with Gasteiger partial charge in [-0.15, -0.1) is 0 Å². The predicted molar refractivity (Wildman–Crippen MR) is 85.1 cm³/mol. The fourth-order valence-electron chi connectivity index (χ4n) is 2.84. The normalized spacial score (nSPS) is 19.8. The lowest BCUT2D eigenvalue weighted by Gasteiger charge is -2.07. The third kappa shape index (κ3) is 3.01. The summed E-state index contributed by atoms with van der Waals surface area (Å²) in [5, 5.41) is 3.61. The van der Waals surface area contributed by atoms with E-state index in [2.05, 4.69) is 9.88 Å². The van der Waals surface area contributed by atoms with Gasteiger partial charge in [0.2, 0.25) is 5.91 Å². The smallest absolute Gasteiger partial charge is 0.269 e. The average molecular weight is 350 g/mol. The maximum absolute atomic E-state index is 12.4. The molecule has 7 nitrogen and oxygen atoms in total. The molecule has 0 aliphatic heterocycles. The Balaban J connectivity index is 1.73. The quantitative estimate of drug-likeness (QED) is 0.884. The summed E-state index contributed by atoms with van der Waals surface area (Å²) >= 11 is 0. The highest BCUT2D eigenvalue weighted by molar-refractivity contribution is 7.90.